The van der Waals surface area contributed by atoms with Crippen molar-refractivity contribution in [2.75, 3.05) is 41.8 Å². The molecule has 8 nitrogen and oxygen atoms in total. The summed E-state index contributed by atoms with van der Waals surface area (Å²) in [6.45, 7) is 11.5. The Morgan fingerprint density at radius 3 is 2.27 bits per heavy atom. The second-order valence-corrected chi connectivity index (χ2v) is 13.2. The first-order chi connectivity index (χ1) is 20.9. The number of carbonyl (C=O) groups excluding carboxylic acids is 1. The highest BCUT2D eigenvalue weighted by molar-refractivity contribution is 5.98. The van der Waals surface area contributed by atoms with Crippen LogP contribution in [0.15, 0.2) is 60.2 Å². The first-order valence-corrected chi connectivity index (χ1v) is 15.6. The maximum Gasteiger partial charge on any atom is 0.253 e. The van der Waals surface area contributed by atoms with E-state index in [4.69, 9.17) is 5.73 Å². The Balaban J connectivity index is 1.55. The maximum absolute atomic E-state index is 13.0. The molecule has 4 unspecified atom stereocenters. The number of aliphatic imine (C=N–C) groups is 1. The molecule has 232 valence electrons. The third-order valence-electron chi connectivity index (χ3n) is 9.88. The zero-order valence-corrected chi connectivity index (χ0v) is 27.2. The van der Waals surface area contributed by atoms with Gasteiger partial charge in [0.2, 0.25) is 0 Å². The Morgan fingerprint density at radius 2 is 1.70 bits per heavy atom. The summed E-state index contributed by atoms with van der Waals surface area (Å²) in [7, 11) is 9.32. The molecule has 1 saturated heterocycles. The van der Waals surface area contributed by atoms with Crippen molar-refractivity contribution in [2.45, 2.75) is 62.6 Å². The topological polar surface area (TPSA) is 101 Å². The molecule has 1 aliphatic heterocycles. The van der Waals surface area contributed by atoms with E-state index in [-0.39, 0.29) is 18.0 Å². The molecule has 5 atom stereocenters. The van der Waals surface area contributed by atoms with Gasteiger partial charge in [-0.1, -0.05) is 31.4 Å². The summed E-state index contributed by atoms with van der Waals surface area (Å²) in [5, 5.41) is 13.4. The highest BCUT2D eigenvalue weighted by Gasteiger charge is 2.52. The number of nitrogens with zero attached hydrogens (tertiary/aromatic N) is 5. The van der Waals surface area contributed by atoms with Crippen LogP contribution in [-0.4, -0.2) is 86.4 Å². The number of amides is 1. The van der Waals surface area contributed by atoms with E-state index in [1.807, 2.05) is 31.1 Å². The number of piperidine rings is 1. The van der Waals surface area contributed by atoms with Crippen molar-refractivity contribution in [1.29, 1.82) is 5.26 Å². The van der Waals surface area contributed by atoms with E-state index in [9.17, 15) is 10.1 Å². The number of likely N-dealkylation sites (tertiary alicyclic amines) is 1. The molecule has 0 radical (unpaired) electrons. The molecule has 2 aliphatic carbocycles. The second kappa shape index (κ2) is 12.1. The quantitative estimate of drug-likeness (QED) is 0.317. The van der Waals surface area contributed by atoms with E-state index in [2.05, 4.69) is 65.6 Å². The molecule has 1 saturated carbocycles. The van der Waals surface area contributed by atoms with Crippen LogP contribution in [0.2, 0.25) is 0 Å². The smallest absolute Gasteiger partial charge is 0.253 e. The third kappa shape index (κ3) is 5.50. The van der Waals surface area contributed by atoms with E-state index in [1.165, 1.54) is 5.56 Å². The fraction of sp³-hybridized carbons (Fsp3) is 0.472. The van der Waals surface area contributed by atoms with Crippen LogP contribution >= 0.6 is 0 Å². The monoisotopic (exact) mass is 593 g/mol. The van der Waals surface area contributed by atoms with Gasteiger partial charge < -0.3 is 25.8 Å². The molecule has 0 spiro atoms. The van der Waals surface area contributed by atoms with E-state index in [0.29, 0.717) is 36.3 Å². The van der Waals surface area contributed by atoms with Crippen LogP contribution in [0.4, 0.5) is 0 Å². The van der Waals surface area contributed by atoms with Gasteiger partial charge in [0.15, 0.2) is 0 Å². The lowest BCUT2D eigenvalue weighted by molar-refractivity contribution is 0.0827. The zero-order valence-electron chi connectivity index (χ0n) is 27.2. The second-order valence-electron chi connectivity index (χ2n) is 13.2. The zero-order chi connectivity index (χ0) is 31.9. The first kappa shape index (κ1) is 31.3. The summed E-state index contributed by atoms with van der Waals surface area (Å²) in [4.78, 5) is 23.5. The van der Waals surface area contributed by atoms with Gasteiger partial charge in [-0.05, 0) is 91.0 Å². The lowest BCUT2D eigenvalue weighted by atomic mass is 9.67. The Kier molecular flexibility index (Phi) is 8.64. The van der Waals surface area contributed by atoms with Crippen LogP contribution in [-0.2, 0) is 18.3 Å². The molecule has 0 aromatic heterocycles. The van der Waals surface area contributed by atoms with E-state index in [1.54, 1.807) is 26.0 Å². The number of fused-ring (bicyclic) bond motifs is 3. The molecule has 1 amide bonds. The van der Waals surface area contributed by atoms with E-state index in [0.717, 1.165) is 59.3 Å². The highest BCUT2D eigenvalue weighted by Crippen LogP contribution is 2.49. The Labute approximate surface area is 262 Å². The van der Waals surface area contributed by atoms with Gasteiger partial charge in [-0.3, -0.25) is 9.79 Å². The average Bonchev–Trinajstić information content (AvgIpc) is 3.71. The lowest BCUT2D eigenvalue weighted by Crippen LogP contribution is -2.48. The number of nitrogens with one attached hydrogen (secondary N) is 1. The Hall–Kier alpha value is -4.09. The van der Waals surface area contributed by atoms with Crippen molar-refractivity contribution in [3.63, 3.8) is 0 Å². The van der Waals surface area contributed by atoms with Gasteiger partial charge in [-0.15, -0.1) is 0 Å². The minimum absolute atomic E-state index is 0.0223. The number of rotatable bonds is 10. The highest BCUT2D eigenvalue weighted by atomic mass is 16.2. The summed E-state index contributed by atoms with van der Waals surface area (Å²) >= 11 is 0. The molecule has 2 fully saturated rings. The van der Waals surface area contributed by atoms with Crippen molar-refractivity contribution in [3.05, 3.63) is 88.6 Å². The number of hydrogen-bond acceptors (Lipinski definition) is 6. The molecule has 2 aromatic rings. The average molecular weight is 594 g/mol. The summed E-state index contributed by atoms with van der Waals surface area (Å²) < 4.78 is 0. The number of benzene rings is 2. The van der Waals surface area contributed by atoms with Gasteiger partial charge in [0.1, 0.15) is 11.9 Å². The van der Waals surface area contributed by atoms with Crippen LogP contribution < -0.4 is 11.1 Å². The predicted molar refractivity (Wildman–Crippen MR) is 178 cm³/mol. The number of nitrogens with two attached hydrogens (primary N) is 1. The van der Waals surface area contributed by atoms with Gasteiger partial charge in [0.25, 0.3) is 5.91 Å². The number of amidine groups is 1. The number of nitriles is 1. The molecule has 3 N–H and O–H groups in total. The largest absolute Gasteiger partial charge is 0.386 e. The summed E-state index contributed by atoms with van der Waals surface area (Å²) in [6, 6.07) is 15.5. The van der Waals surface area contributed by atoms with Gasteiger partial charge in [0, 0.05) is 70.8 Å². The van der Waals surface area contributed by atoms with Crippen LogP contribution in [0.1, 0.15) is 64.4 Å². The summed E-state index contributed by atoms with van der Waals surface area (Å²) in [5.41, 5.74) is 14.5. The van der Waals surface area contributed by atoms with Crippen LogP contribution in [0.25, 0.3) is 5.70 Å². The fourth-order valence-electron chi connectivity index (χ4n) is 7.41. The number of aryl methyl sites for hydroxylation is 2. The summed E-state index contributed by atoms with van der Waals surface area (Å²) in [6.07, 6.45) is 4.34. The molecule has 2 aromatic carbocycles. The Bertz CT molecular complexity index is 1480. The van der Waals surface area contributed by atoms with Crippen LogP contribution in [0.3, 0.4) is 0 Å². The molecule has 1 heterocycles. The van der Waals surface area contributed by atoms with Gasteiger partial charge in [-0.25, -0.2) is 0 Å². The lowest BCUT2D eigenvalue weighted by Gasteiger charge is -2.39. The predicted octanol–water partition coefficient (Wildman–Crippen LogP) is 4.16. The molecule has 5 rings (SSSR count). The Morgan fingerprint density at radius 1 is 1.09 bits per heavy atom. The van der Waals surface area contributed by atoms with Crippen molar-refractivity contribution in [3.8, 4) is 6.07 Å². The molecule has 8 heteroatoms. The van der Waals surface area contributed by atoms with Crippen molar-refractivity contribution in [1.82, 2.24) is 20.0 Å². The molecule has 0 bridgehead atoms. The van der Waals surface area contributed by atoms with E-state index >= 15 is 0 Å². The standard InChI is InChI=1S/C36H47N7O/c1-22(40-21-23(2)43-30(20-37)17-29-18-33(29)43)19-36(35(38)39-4)31-13-11-25(24(3)41(5)6)15-26(31)9-10-27-16-28(12-14-32(27)36)34(44)42(7)8/h11-16,22,29-30,33,40H,2-3,9-10,17-19,21H2,1,4-8H3,(H2,38,39)/t22-,29?,30?,33?,36?/m1/s1. The first-order valence-electron chi connectivity index (χ1n) is 15.6. The van der Waals surface area contributed by atoms with Gasteiger partial charge in [-0.2, -0.15) is 5.26 Å². The normalized spacial score (nSPS) is 24.2. The van der Waals surface area contributed by atoms with E-state index < -0.39 is 5.41 Å². The minimum atomic E-state index is -0.717. The number of hydrogen-bond donors (Lipinski definition) is 2. The van der Waals surface area contributed by atoms with Gasteiger partial charge in [0.05, 0.1) is 11.5 Å². The molecule has 44 heavy (non-hydrogen) atoms. The molecular weight excluding hydrogens is 546 g/mol. The third-order valence-corrected chi connectivity index (χ3v) is 9.88. The number of carbonyl (C=O) groups is 1. The van der Waals surface area contributed by atoms with Crippen molar-refractivity contribution < 1.29 is 4.79 Å². The SMILES string of the molecule is C=C(c1ccc2c(c1)CCc1cc(C(=O)N(C)C)ccc1C2(C[C@@H](C)NCC(=C)N1C(C#N)CC2CC21)C(N)=NC)N(C)C. The minimum Gasteiger partial charge on any atom is -0.386 e. The maximum atomic E-state index is 13.0. The van der Waals surface area contributed by atoms with Crippen molar-refractivity contribution >= 4 is 17.4 Å². The van der Waals surface area contributed by atoms with Gasteiger partial charge >= 0.3 is 0 Å². The molecule has 3 aliphatic rings. The molecular formula is C36H47N7O. The fourth-order valence-corrected chi connectivity index (χ4v) is 7.41. The van der Waals surface area contributed by atoms with Crippen molar-refractivity contribution in [2.24, 2.45) is 16.6 Å². The van der Waals surface area contributed by atoms with Crippen LogP contribution in [0.5, 0.6) is 0 Å². The van der Waals surface area contributed by atoms with Crippen LogP contribution in [0, 0.1) is 17.2 Å². The summed E-state index contributed by atoms with van der Waals surface area (Å²) in [5.74, 6) is 1.16.